The van der Waals surface area contributed by atoms with Crippen LogP contribution in [0.2, 0.25) is 0 Å². The van der Waals surface area contributed by atoms with E-state index in [1.165, 1.54) is 43.5 Å². The average Bonchev–Trinajstić information content (AvgIpc) is 2.71. The third-order valence-corrected chi connectivity index (χ3v) is 5.21. The molecule has 1 atom stereocenters. The van der Waals surface area contributed by atoms with Crippen LogP contribution in [-0.2, 0) is 9.30 Å². The normalized spacial score (nSPS) is 12.5. The summed E-state index contributed by atoms with van der Waals surface area (Å²) in [6.07, 6.45) is 0. The number of benzene rings is 3. The molecule has 7 nitrogen and oxygen atoms in total. The molecule has 1 N–H and O–H groups in total. The van der Waals surface area contributed by atoms with Gasteiger partial charge in [-0.05, 0) is 67.4 Å². The number of hydrogen-bond acceptors (Lipinski definition) is 6. The fourth-order valence-corrected chi connectivity index (χ4v) is 3.86. The molecule has 160 valence electrons. The molecule has 0 radical (unpaired) electrons. The third kappa shape index (κ3) is 5.60. The highest BCUT2D eigenvalue weighted by molar-refractivity contribution is 7.48. The summed E-state index contributed by atoms with van der Waals surface area (Å²) in [5.74, 6) is -0.748. The zero-order valence-electron chi connectivity index (χ0n) is 17.2. The molecule has 31 heavy (non-hydrogen) atoms. The first-order chi connectivity index (χ1) is 14.7. The summed E-state index contributed by atoms with van der Waals surface area (Å²) in [5.41, 5.74) is 2.37. The highest BCUT2D eigenvalue weighted by atomic mass is 31.2. The molecule has 0 aliphatic rings. The molecule has 0 amide bonds. The summed E-state index contributed by atoms with van der Waals surface area (Å²) in [7, 11) is -3.20. The SMILES string of the molecule is COC(=O)c1ccccc1C(=O)c1ccc(OP(=O)(O)Oc2cc(C)cc(C)c2)cc1. The van der Waals surface area contributed by atoms with Crippen molar-refractivity contribution >= 4 is 19.6 Å². The fraction of sp³-hybridized carbons (Fsp3) is 0.130. The first kappa shape index (κ1) is 22.3. The third-order valence-electron chi connectivity index (χ3n) is 4.33. The van der Waals surface area contributed by atoms with E-state index in [4.69, 9.17) is 13.8 Å². The number of phosphoric ester groups is 1. The van der Waals surface area contributed by atoms with Crippen LogP contribution in [0.3, 0.4) is 0 Å². The van der Waals surface area contributed by atoms with Gasteiger partial charge in [-0.2, -0.15) is 0 Å². The van der Waals surface area contributed by atoms with Gasteiger partial charge in [-0.1, -0.05) is 24.3 Å². The van der Waals surface area contributed by atoms with E-state index in [1.54, 1.807) is 24.3 Å². The molecule has 0 aliphatic carbocycles. The molecular weight excluding hydrogens is 419 g/mol. The van der Waals surface area contributed by atoms with Gasteiger partial charge in [0.05, 0.1) is 12.7 Å². The largest absolute Gasteiger partial charge is 0.584 e. The maximum absolute atomic E-state index is 12.8. The summed E-state index contributed by atoms with van der Waals surface area (Å²) in [6.45, 7) is 3.69. The number of methoxy groups -OCH3 is 1. The highest BCUT2D eigenvalue weighted by Crippen LogP contribution is 2.44. The Balaban J connectivity index is 1.76. The Labute approximate surface area is 179 Å². The summed E-state index contributed by atoms with van der Waals surface area (Å²) in [5, 5.41) is 0. The Morgan fingerprint density at radius 2 is 1.35 bits per heavy atom. The average molecular weight is 440 g/mol. The van der Waals surface area contributed by atoms with E-state index in [1.807, 2.05) is 19.9 Å². The maximum Gasteiger partial charge on any atom is 0.584 e. The number of phosphoric acid groups is 1. The Hall–Kier alpha value is -3.41. The van der Waals surface area contributed by atoms with Gasteiger partial charge in [0.2, 0.25) is 0 Å². The summed E-state index contributed by atoms with van der Waals surface area (Å²) in [6, 6.07) is 17.1. The Bertz CT molecular complexity index is 1150. The predicted molar refractivity (Wildman–Crippen MR) is 115 cm³/mol. The minimum Gasteiger partial charge on any atom is -0.465 e. The van der Waals surface area contributed by atoms with Gasteiger partial charge in [-0.3, -0.25) is 9.69 Å². The van der Waals surface area contributed by atoms with Gasteiger partial charge in [0.15, 0.2) is 5.78 Å². The number of ether oxygens (including phenoxy) is 1. The minimum atomic E-state index is -4.44. The topological polar surface area (TPSA) is 99.1 Å². The molecule has 0 bridgehead atoms. The Morgan fingerprint density at radius 1 is 0.806 bits per heavy atom. The first-order valence-corrected chi connectivity index (χ1v) is 10.8. The number of hydrogen-bond donors (Lipinski definition) is 1. The molecule has 0 heterocycles. The molecule has 0 spiro atoms. The molecular formula is C23H21O7P. The van der Waals surface area contributed by atoms with Crippen LogP contribution in [0.4, 0.5) is 0 Å². The van der Waals surface area contributed by atoms with E-state index in [2.05, 4.69) is 0 Å². The van der Waals surface area contributed by atoms with Crippen LogP contribution in [0.5, 0.6) is 11.5 Å². The van der Waals surface area contributed by atoms with Gasteiger partial charge < -0.3 is 13.8 Å². The van der Waals surface area contributed by atoms with Crippen molar-refractivity contribution < 1.29 is 32.8 Å². The number of carbonyl (C=O) groups excluding carboxylic acids is 2. The zero-order chi connectivity index (χ0) is 22.6. The Kier molecular flexibility index (Phi) is 6.59. The smallest absolute Gasteiger partial charge is 0.465 e. The van der Waals surface area contributed by atoms with Crippen LogP contribution in [0.1, 0.15) is 37.4 Å². The van der Waals surface area contributed by atoms with Crippen molar-refractivity contribution in [2.75, 3.05) is 7.11 Å². The number of aryl methyl sites for hydroxylation is 2. The maximum atomic E-state index is 12.8. The monoisotopic (exact) mass is 440 g/mol. The lowest BCUT2D eigenvalue weighted by Crippen LogP contribution is -2.11. The van der Waals surface area contributed by atoms with E-state index < -0.39 is 19.6 Å². The van der Waals surface area contributed by atoms with Crippen molar-refractivity contribution in [3.8, 4) is 11.5 Å². The number of rotatable bonds is 7. The molecule has 0 aromatic heterocycles. The molecule has 1 unspecified atom stereocenters. The van der Waals surface area contributed by atoms with E-state index in [0.29, 0.717) is 0 Å². The fourth-order valence-electron chi connectivity index (χ4n) is 3.06. The molecule has 3 aromatic rings. The lowest BCUT2D eigenvalue weighted by molar-refractivity contribution is 0.0597. The van der Waals surface area contributed by atoms with Crippen molar-refractivity contribution in [2.45, 2.75) is 13.8 Å². The predicted octanol–water partition coefficient (Wildman–Crippen LogP) is 4.88. The van der Waals surface area contributed by atoms with E-state index in [-0.39, 0.29) is 28.2 Å². The molecule has 0 fully saturated rings. The number of carbonyl (C=O) groups is 2. The lowest BCUT2D eigenvalue weighted by Gasteiger charge is -2.15. The summed E-state index contributed by atoms with van der Waals surface area (Å²) < 4.78 is 27.3. The van der Waals surface area contributed by atoms with Crippen molar-refractivity contribution in [1.82, 2.24) is 0 Å². The van der Waals surface area contributed by atoms with Crippen molar-refractivity contribution in [2.24, 2.45) is 0 Å². The molecule has 0 aliphatic heterocycles. The molecule has 0 saturated carbocycles. The number of ketones is 1. The van der Waals surface area contributed by atoms with Gasteiger partial charge in [-0.15, -0.1) is 0 Å². The van der Waals surface area contributed by atoms with Gasteiger partial charge in [0, 0.05) is 11.1 Å². The van der Waals surface area contributed by atoms with Gasteiger partial charge in [0.25, 0.3) is 0 Å². The van der Waals surface area contributed by atoms with E-state index in [0.717, 1.165) is 11.1 Å². The van der Waals surface area contributed by atoms with Gasteiger partial charge in [0.1, 0.15) is 11.5 Å². The van der Waals surface area contributed by atoms with Crippen molar-refractivity contribution in [3.05, 3.63) is 94.5 Å². The molecule has 3 aromatic carbocycles. The summed E-state index contributed by atoms with van der Waals surface area (Å²) >= 11 is 0. The van der Waals surface area contributed by atoms with Gasteiger partial charge in [-0.25, -0.2) is 9.36 Å². The molecule has 0 saturated heterocycles. The van der Waals surface area contributed by atoms with Crippen LogP contribution in [-0.4, -0.2) is 23.8 Å². The Morgan fingerprint density at radius 3 is 1.94 bits per heavy atom. The first-order valence-electron chi connectivity index (χ1n) is 9.31. The zero-order valence-corrected chi connectivity index (χ0v) is 18.1. The second-order valence-corrected chi connectivity index (χ2v) is 8.17. The number of esters is 1. The minimum absolute atomic E-state index is 0.0491. The molecule has 8 heteroatoms. The van der Waals surface area contributed by atoms with Crippen LogP contribution >= 0.6 is 7.82 Å². The van der Waals surface area contributed by atoms with Crippen LogP contribution in [0, 0.1) is 13.8 Å². The standard InChI is InChI=1S/C23H21O7P/c1-15-12-16(2)14-19(13-15)30-31(26,27)29-18-10-8-17(9-11-18)22(24)20-6-4-5-7-21(20)23(25)28-3/h4-14H,1-3H3,(H,26,27). The van der Waals surface area contributed by atoms with E-state index >= 15 is 0 Å². The van der Waals surface area contributed by atoms with Gasteiger partial charge >= 0.3 is 13.8 Å². The van der Waals surface area contributed by atoms with Crippen LogP contribution < -0.4 is 9.05 Å². The second-order valence-electron chi connectivity index (χ2n) is 6.87. The lowest BCUT2D eigenvalue weighted by atomic mass is 9.98. The highest BCUT2D eigenvalue weighted by Gasteiger charge is 2.26. The molecule has 3 rings (SSSR count). The van der Waals surface area contributed by atoms with Crippen LogP contribution in [0.25, 0.3) is 0 Å². The van der Waals surface area contributed by atoms with Crippen LogP contribution in [0.15, 0.2) is 66.7 Å². The van der Waals surface area contributed by atoms with Crippen molar-refractivity contribution in [1.29, 1.82) is 0 Å². The summed E-state index contributed by atoms with van der Waals surface area (Å²) in [4.78, 5) is 34.8. The second kappa shape index (κ2) is 9.16. The van der Waals surface area contributed by atoms with Crippen molar-refractivity contribution in [3.63, 3.8) is 0 Å². The quantitative estimate of drug-likeness (QED) is 0.318. The van der Waals surface area contributed by atoms with E-state index in [9.17, 15) is 19.0 Å².